The van der Waals surface area contributed by atoms with Crippen molar-refractivity contribution in [1.29, 1.82) is 0 Å². The van der Waals surface area contributed by atoms with Crippen molar-refractivity contribution in [2.45, 2.75) is 24.0 Å². The molecule has 2 bridgehead atoms. The molecule has 2 aliphatic heterocycles. The molecule has 0 unspecified atom stereocenters. The van der Waals surface area contributed by atoms with Crippen molar-refractivity contribution in [3.05, 3.63) is 66.2 Å². The number of ether oxygens (including phenoxy) is 1. The number of carbonyl (C=O) groups excluding carboxylic acids is 2. The zero-order chi connectivity index (χ0) is 21.5. The summed E-state index contributed by atoms with van der Waals surface area (Å²) < 4.78 is 32.9. The first-order chi connectivity index (χ1) is 14.2. The van der Waals surface area contributed by atoms with E-state index in [1.165, 1.54) is 36.4 Å². The van der Waals surface area contributed by atoms with E-state index in [0.717, 1.165) is 5.56 Å². The Bertz CT molecular complexity index is 1110. The number of aryl methyl sites for hydroxylation is 1. The van der Waals surface area contributed by atoms with Crippen molar-refractivity contribution in [3.63, 3.8) is 0 Å². The highest BCUT2D eigenvalue weighted by atomic mass is 32.2. The van der Waals surface area contributed by atoms with Crippen LogP contribution in [-0.4, -0.2) is 32.5 Å². The molecule has 30 heavy (non-hydrogen) atoms. The van der Waals surface area contributed by atoms with Gasteiger partial charge in [-0.15, -0.1) is 0 Å². The predicted octanol–water partition coefficient (Wildman–Crippen LogP) is 1.05. The molecular weight excluding hydrogens is 408 g/mol. The van der Waals surface area contributed by atoms with Crippen LogP contribution in [0.2, 0.25) is 0 Å². The molecule has 1 amide bonds. The Hall–Kier alpha value is -3.17. The molecular formula is C21H19N2O6S-. The summed E-state index contributed by atoms with van der Waals surface area (Å²) in [5, 5.41) is 14.1. The van der Waals surface area contributed by atoms with E-state index in [2.05, 4.69) is 10.0 Å². The van der Waals surface area contributed by atoms with E-state index in [1.807, 2.05) is 6.92 Å². The Morgan fingerprint density at radius 1 is 0.900 bits per heavy atom. The molecule has 1 saturated heterocycles. The third-order valence-corrected chi connectivity index (χ3v) is 6.61. The van der Waals surface area contributed by atoms with Crippen LogP contribution < -0.4 is 15.1 Å². The Labute approximate surface area is 173 Å². The SMILES string of the molecule is Cc1ccc(S(=O)(=O)Nc2ccc(NC(=O)[C@@H]3[C@@H](C(=O)[O-])[C@H]4C=C[C@@H]3O4)cc2)cc1. The normalized spacial score (nSPS) is 24.6. The number of anilines is 2. The molecule has 0 aliphatic carbocycles. The van der Waals surface area contributed by atoms with Gasteiger partial charge < -0.3 is 20.0 Å². The molecule has 2 aromatic carbocycles. The Kier molecular flexibility index (Phi) is 5.08. The van der Waals surface area contributed by atoms with Crippen LogP contribution in [0.25, 0.3) is 0 Å². The van der Waals surface area contributed by atoms with E-state index in [4.69, 9.17) is 4.74 Å². The zero-order valence-corrected chi connectivity index (χ0v) is 16.8. The zero-order valence-electron chi connectivity index (χ0n) is 15.9. The van der Waals surface area contributed by atoms with Crippen LogP contribution in [0.3, 0.4) is 0 Å². The molecule has 2 N–H and O–H groups in total. The van der Waals surface area contributed by atoms with Crippen molar-refractivity contribution < 1.29 is 27.9 Å². The lowest BCUT2D eigenvalue weighted by Crippen LogP contribution is -2.45. The highest BCUT2D eigenvalue weighted by molar-refractivity contribution is 7.92. The Balaban J connectivity index is 1.44. The summed E-state index contributed by atoms with van der Waals surface area (Å²) in [6.07, 6.45) is 2.05. The first-order valence-electron chi connectivity index (χ1n) is 9.30. The molecule has 0 saturated carbocycles. The molecule has 2 aromatic rings. The van der Waals surface area contributed by atoms with Crippen LogP contribution >= 0.6 is 0 Å². The molecule has 0 spiro atoms. The summed E-state index contributed by atoms with van der Waals surface area (Å²) in [5.41, 5.74) is 1.68. The average Bonchev–Trinajstić information content (AvgIpc) is 3.31. The number of benzene rings is 2. The van der Waals surface area contributed by atoms with Crippen LogP contribution in [0.1, 0.15) is 5.56 Å². The van der Waals surface area contributed by atoms with E-state index >= 15 is 0 Å². The summed E-state index contributed by atoms with van der Waals surface area (Å²) in [6, 6.07) is 12.5. The fraction of sp³-hybridized carbons (Fsp3) is 0.238. The fourth-order valence-corrected chi connectivity index (χ4v) is 4.74. The van der Waals surface area contributed by atoms with Gasteiger partial charge in [0.25, 0.3) is 10.0 Å². The van der Waals surface area contributed by atoms with Gasteiger partial charge in [0.2, 0.25) is 5.91 Å². The number of carbonyl (C=O) groups is 2. The van der Waals surface area contributed by atoms with Gasteiger partial charge in [-0.2, -0.15) is 0 Å². The van der Waals surface area contributed by atoms with Gasteiger partial charge in [-0.05, 0) is 43.3 Å². The summed E-state index contributed by atoms with van der Waals surface area (Å²) >= 11 is 0. The Morgan fingerprint density at radius 3 is 2.07 bits per heavy atom. The lowest BCUT2D eigenvalue weighted by atomic mass is 9.82. The molecule has 2 heterocycles. The van der Waals surface area contributed by atoms with Gasteiger partial charge in [0.15, 0.2) is 0 Å². The maximum Gasteiger partial charge on any atom is 0.261 e. The first kappa shape index (κ1) is 20.1. The molecule has 1 fully saturated rings. The standard InChI is InChI=1S/C21H20N2O6S/c1-12-2-8-15(9-3-12)30(27,28)23-14-6-4-13(5-7-14)22-20(24)18-16-10-11-17(29-16)19(18)21(25)26/h2-11,16-19,23H,1H3,(H,22,24)(H,25,26)/p-1/t16-,17+,18-,19-/m0/s1. The number of carboxylic acid groups (broad SMARTS) is 1. The van der Waals surface area contributed by atoms with Crippen LogP contribution in [0.5, 0.6) is 0 Å². The van der Waals surface area contributed by atoms with E-state index in [-0.39, 0.29) is 4.90 Å². The second kappa shape index (κ2) is 7.58. The van der Waals surface area contributed by atoms with Gasteiger partial charge >= 0.3 is 0 Å². The molecule has 0 aromatic heterocycles. The van der Waals surface area contributed by atoms with Crippen LogP contribution in [0, 0.1) is 18.8 Å². The smallest absolute Gasteiger partial charge is 0.261 e. The van der Waals surface area contributed by atoms with Crippen molar-refractivity contribution >= 4 is 33.3 Å². The highest BCUT2D eigenvalue weighted by Gasteiger charge is 2.50. The van der Waals surface area contributed by atoms with Gasteiger partial charge in [-0.1, -0.05) is 29.8 Å². The third-order valence-electron chi connectivity index (χ3n) is 5.21. The highest BCUT2D eigenvalue weighted by Crippen LogP contribution is 2.39. The minimum atomic E-state index is -3.74. The number of amides is 1. The summed E-state index contributed by atoms with van der Waals surface area (Å²) in [7, 11) is -3.74. The number of rotatable bonds is 6. The van der Waals surface area contributed by atoms with E-state index in [0.29, 0.717) is 11.4 Å². The number of fused-ring (bicyclic) bond motifs is 2. The summed E-state index contributed by atoms with van der Waals surface area (Å²) in [4.78, 5) is 24.2. The second-order valence-electron chi connectivity index (χ2n) is 7.31. The fourth-order valence-electron chi connectivity index (χ4n) is 3.68. The van der Waals surface area contributed by atoms with Gasteiger partial charge in [0.05, 0.1) is 23.0 Å². The molecule has 9 heteroatoms. The number of hydrogen-bond donors (Lipinski definition) is 2. The van der Waals surface area contributed by atoms with Gasteiger partial charge in [0.1, 0.15) is 0 Å². The second-order valence-corrected chi connectivity index (χ2v) is 8.99. The molecule has 4 rings (SSSR count). The van der Waals surface area contributed by atoms with Gasteiger partial charge in [-0.3, -0.25) is 9.52 Å². The summed E-state index contributed by atoms with van der Waals surface area (Å²) in [5.74, 6) is -3.74. The molecule has 4 atom stereocenters. The van der Waals surface area contributed by atoms with Crippen molar-refractivity contribution in [1.82, 2.24) is 0 Å². The van der Waals surface area contributed by atoms with E-state index < -0.39 is 45.9 Å². The number of aliphatic carboxylic acids is 1. The molecule has 0 radical (unpaired) electrons. The van der Waals surface area contributed by atoms with E-state index in [9.17, 15) is 23.1 Å². The number of sulfonamides is 1. The monoisotopic (exact) mass is 427 g/mol. The number of carboxylic acids is 1. The number of hydrogen-bond acceptors (Lipinski definition) is 6. The van der Waals surface area contributed by atoms with Gasteiger partial charge in [-0.25, -0.2) is 8.42 Å². The topological polar surface area (TPSA) is 125 Å². The first-order valence-corrected chi connectivity index (χ1v) is 10.8. The maximum absolute atomic E-state index is 12.6. The Morgan fingerprint density at radius 2 is 1.47 bits per heavy atom. The summed E-state index contributed by atoms with van der Waals surface area (Å²) in [6.45, 7) is 1.87. The van der Waals surface area contributed by atoms with Crippen LogP contribution in [0.4, 0.5) is 11.4 Å². The third kappa shape index (κ3) is 3.81. The number of nitrogens with one attached hydrogen (secondary N) is 2. The lowest BCUT2D eigenvalue weighted by Gasteiger charge is -2.25. The van der Waals surface area contributed by atoms with Crippen LogP contribution in [0.15, 0.2) is 65.6 Å². The predicted molar refractivity (Wildman–Crippen MR) is 107 cm³/mol. The van der Waals surface area contributed by atoms with Crippen molar-refractivity contribution in [2.75, 3.05) is 10.0 Å². The molecule has 2 aliphatic rings. The largest absolute Gasteiger partial charge is 0.550 e. The minimum absolute atomic E-state index is 0.142. The molecule has 156 valence electrons. The van der Waals surface area contributed by atoms with Crippen molar-refractivity contribution in [3.8, 4) is 0 Å². The van der Waals surface area contributed by atoms with Crippen LogP contribution in [-0.2, 0) is 24.3 Å². The minimum Gasteiger partial charge on any atom is -0.550 e. The average molecular weight is 427 g/mol. The lowest BCUT2D eigenvalue weighted by molar-refractivity contribution is -0.313. The van der Waals surface area contributed by atoms with Crippen molar-refractivity contribution in [2.24, 2.45) is 11.8 Å². The molecule has 8 nitrogen and oxygen atoms in total. The quantitative estimate of drug-likeness (QED) is 0.664. The van der Waals surface area contributed by atoms with Gasteiger partial charge in [0, 0.05) is 23.3 Å². The maximum atomic E-state index is 12.6. The van der Waals surface area contributed by atoms with E-state index in [1.54, 1.807) is 24.3 Å².